The molecule has 0 bridgehead atoms. The van der Waals surface area contributed by atoms with Crippen molar-refractivity contribution in [3.8, 4) is 5.75 Å². The molecular formula is C21H24ClN3O3. The molecule has 2 aromatic rings. The van der Waals surface area contributed by atoms with E-state index in [1.165, 1.54) is 0 Å². The van der Waals surface area contributed by atoms with Crippen molar-refractivity contribution in [3.05, 3.63) is 59.1 Å². The number of amides is 2. The van der Waals surface area contributed by atoms with Crippen LogP contribution in [0.2, 0.25) is 5.02 Å². The third-order valence-corrected chi connectivity index (χ3v) is 5.10. The number of hydrogen-bond acceptors (Lipinski definition) is 4. The molecule has 28 heavy (non-hydrogen) atoms. The molecule has 0 unspecified atom stereocenters. The number of para-hydroxylation sites is 2. The van der Waals surface area contributed by atoms with Gasteiger partial charge >= 0.3 is 0 Å². The molecule has 3 rings (SSSR count). The lowest BCUT2D eigenvalue weighted by molar-refractivity contribution is -0.132. The van der Waals surface area contributed by atoms with Gasteiger partial charge in [0.2, 0.25) is 11.8 Å². The minimum Gasteiger partial charge on any atom is -0.496 e. The summed E-state index contributed by atoms with van der Waals surface area (Å²) in [5.74, 6) is 0.692. The Labute approximate surface area is 170 Å². The second kappa shape index (κ2) is 9.57. The van der Waals surface area contributed by atoms with Crippen LogP contribution in [-0.4, -0.2) is 61.4 Å². The van der Waals surface area contributed by atoms with Gasteiger partial charge in [-0.3, -0.25) is 14.5 Å². The lowest BCUT2D eigenvalue weighted by Crippen LogP contribution is -2.50. The first-order valence-electron chi connectivity index (χ1n) is 9.23. The first-order chi connectivity index (χ1) is 13.6. The topological polar surface area (TPSA) is 61.9 Å². The average molecular weight is 402 g/mol. The number of anilines is 1. The molecule has 1 aliphatic heterocycles. The van der Waals surface area contributed by atoms with Gasteiger partial charge in [-0.15, -0.1) is 0 Å². The summed E-state index contributed by atoms with van der Waals surface area (Å²) in [6.45, 7) is 2.81. The molecule has 0 atom stereocenters. The monoisotopic (exact) mass is 401 g/mol. The molecular weight excluding hydrogens is 378 g/mol. The third-order valence-electron chi connectivity index (χ3n) is 4.77. The van der Waals surface area contributed by atoms with E-state index >= 15 is 0 Å². The van der Waals surface area contributed by atoms with E-state index in [1.807, 2.05) is 46.2 Å². The molecule has 1 heterocycles. The summed E-state index contributed by atoms with van der Waals surface area (Å²) in [6.07, 6.45) is 0.316. The molecule has 6 nitrogen and oxygen atoms in total. The Balaban J connectivity index is 1.47. The molecule has 0 radical (unpaired) electrons. The average Bonchev–Trinajstić information content (AvgIpc) is 2.70. The van der Waals surface area contributed by atoms with Crippen LogP contribution in [0.3, 0.4) is 0 Å². The number of nitrogens with one attached hydrogen (secondary N) is 1. The number of rotatable bonds is 6. The SMILES string of the molecule is COc1ccccc1CC(=O)N1CCN(CC(=O)Nc2ccccc2Cl)CC1. The standard InChI is InChI=1S/C21H24ClN3O3/c1-28-19-9-5-2-6-16(19)14-21(27)25-12-10-24(11-13-25)15-20(26)23-18-8-4-3-7-17(18)22/h2-9H,10-15H2,1H3,(H,23,26). The van der Waals surface area contributed by atoms with Crippen molar-refractivity contribution < 1.29 is 14.3 Å². The van der Waals surface area contributed by atoms with Gasteiger partial charge in [-0.05, 0) is 18.2 Å². The Bertz CT molecular complexity index is 835. The van der Waals surface area contributed by atoms with Gasteiger partial charge in [0.05, 0.1) is 30.8 Å². The molecule has 0 aromatic heterocycles. The highest BCUT2D eigenvalue weighted by Gasteiger charge is 2.23. The number of halogens is 1. The van der Waals surface area contributed by atoms with Crippen LogP contribution in [0.25, 0.3) is 0 Å². The molecule has 0 saturated carbocycles. The summed E-state index contributed by atoms with van der Waals surface area (Å²) in [5, 5.41) is 3.35. The van der Waals surface area contributed by atoms with Gasteiger partial charge in [0, 0.05) is 31.7 Å². The van der Waals surface area contributed by atoms with Gasteiger partial charge < -0.3 is 15.0 Å². The van der Waals surface area contributed by atoms with E-state index < -0.39 is 0 Å². The maximum Gasteiger partial charge on any atom is 0.238 e. The minimum atomic E-state index is -0.109. The second-order valence-electron chi connectivity index (χ2n) is 6.67. The summed E-state index contributed by atoms with van der Waals surface area (Å²) >= 11 is 6.07. The van der Waals surface area contributed by atoms with Crippen molar-refractivity contribution in [1.29, 1.82) is 0 Å². The molecule has 148 valence electrons. The van der Waals surface area contributed by atoms with E-state index in [1.54, 1.807) is 19.2 Å². The van der Waals surface area contributed by atoms with Gasteiger partial charge in [-0.1, -0.05) is 41.9 Å². The number of carbonyl (C=O) groups excluding carboxylic acids is 2. The molecule has 1 aliphatic rings. The lowest BCUT2D eigenvalue weighted by atomic mass is 10.1. The second-order valence-corrected chi connectivity index (χ2v) is 7.08. The summed E-state index contributed by atoms with van der Waals surface area (Å²) in [5.41, 5.74) is 1.50. The molecule has 2 amide bonds. The number of piperazine rings is 1. The molecule has 1 saturated heterocycles. The summed E-state index contributed by atoms with van der Waals surface area (Å²) in [4.78, 5) is 28.7. The predicted octanol–water partition coefficient (Wildman–Crippen LogP) is 2.67. The van der Waals surface area contributed by atoms with Crippen LogP contribution in [0.4, 0.5) is 5.69 Å². The van der Waals surface area contributed by atoms with Crippen LogP contribution >= 0.6 is 11.6 Å². The molecule has 0 aliphatic carbocycles. The summed E-state index contributed by atoms with van der Waals surface area (Å²) in [6, 6.07) is 14.7. The zero-order chi connectivity index (χ0) is 19.9. The van der Waals surface area contributed by atoms with E-state index in [4.69, 9.17) is 16.3 Å². The van der Waals surface area contributed by atoms with E-state index in [9.17, 15) is 9.59 Å². The maximum atomic E-state index is 12.6. The predicted molar refractivity (Wildman–Crippen MR) is 110 cm³/mol. The Morgan fingerprint density at radius 1 is 1.04 bits per heavy atom. The summed E-state index contributed by atoms with van der Waals surface area (Å²) in [7, 11) is 1.61. The van der Waals surface area contributed by atoms with Crippen LogP contribution in [0.15, 0.2) is 48.5 Å². The Hall–Kier alpha value is -2.57. The highest BCUT2D eigenvalue weighted by atomic mass is 35.5. The van der Waals surface area contributed by atoms with Gasteiger partial charge in [-0.25, -0.2) is 0 Å². The lowest BCUT2D eigenvalue weighted by Gasteiger charge is -2.34. The van der Waals surface area contributed by atoms with Gasteiger partial charge in [0.15, 0.2) is 0 Å². The van der Waals surface area contributed by atoms with Gasteiger partial charge in [-0.2, -0.15) is 0 Å². The number of ether oxygens (including phenoxy) is 1. The summed E-state index contributed by atoms with van der Waals surface area (Å²) < 4.78 is 5.32. The van der Waals surface area contributed by atoms with Crippen LogP contribution < -0.4 is 10.1 Å². The Morgan fingerprint density at radius 3 is 2.43 bits per heavy atom. The van der Waals surface area contributed by atoms with Crippen LogP contribution in [0.1, 0.15) is 5.56 Å². The van der Waals surface area contributed by atoms with Crippen molar-refractivity contribution in [2.24, 2.45) is 0 Å². The third kappa shape index (κ3) is 5.24. The number of benzene rings is 2. The van der Waals surface area contributed by atoms with E-state index in [2.05, 4.69) is 5.32 Å². The maximum absolute atomic E-state index is 12.6. The van der Waals surface area contributed by atoms with Crippen LogP contribution in [0, 0.1) is 0 Å². The number of carbonyl (C=O) groups is 2. The fourth-order valence-corrected chi connectivity index (χ4v) is 3.42. The number of hydrogen-bond donors (Lipinski definition) is 1. The van der Waals surface area contributed by atoms with Crippen molar-refractivity contribution in [3.63, 3.8) is 0 Å². The van der Waals surface area contributed by atoms with Crippen molar-refractivity contribution in [2.75, 3.05) is 45.2 Å². The smallest absolute Gasteiger partial charge is 0.238 e. The number of methoxy groups -OCH3 is 1. The minimum absolute atomic E-state index is 0.0738. The molecule has 7 heteroatoms. The normalized spacial score (nSPS) is 14.6. The van der Waals surface area contributed by atoms with Crippen molar-refractivity contribution in [1.82, 2.24) is 9.80 Å². The van der Waals surface area contributed by atoms with E-state index in [0.717, 1.165) is 11.3 Å². The zero-order valence-corrected chi connectivity index (χ0v) is 16.6. The largest absolute Gasteiger partial charge is 0.496 e. The first kappa shape index (κ1) is 20.2. The zero-order valence-electron chi connectivity index (χ0n) is 15.9. The van der Waals surface area contributed by atoms with Crippen molar-refractivity contribution in [2.45, 2.75) is 6.42 Å². The van der Waals surface area contributed by atoms with Crippen LogP contribution in [0.5, 0.6) is 5.75 Å². The Kier molecular flexibility index (Phi) is 6.90. The molecule has 2 aromatic carbocycles. The quantitative estimate of drug-likeness (QED) is 0.808. The highest BCUT2D eigenvalue weighted by Crippen LogP contribution is 2.21. The molecule has 0 spiro atoms. The first-order valence-corrected chi connectivity index (χ1v) is 9.61. The van der Waals surface area contributed by atoms with Crippen molar-refractivity contribution >= 4 is 29.1 Å². The fraction of sp³-hybridized carbons (Fsp3) is 0.333. The fourth-order valence-electron chi connectivity index (χ4n) is 3.23. The Morgan fingerprint density at radius 2 is 1.71 bits per heavy atom. The number of nitrogens with zero attached hydrogens (tertiary/aromatic N) is 2. The highest BCUT2D eigenvalue weighted by molar-refractivity contribution is 6.33. The van der Waals surface area contributed by atoms with E-state index in [-0.39, 0.29) is 18.4 Å². The van der Waals surface area contributed by atoms with Gasteiger partial charge in [0.25, 0.3) is 0 Å². The van der Waals surface area contributed by atoms with Gasteiger partial charge in [0.1, 0.15) is 5.75 Å². The van der Waals surface area contributed by atoms with E-state index in [0.29, 0.717) is 43.3 Å². The molecule has 1 N–H and O–H groups in total. The van der Waals surface area contributed by atoms with Crippen LogP contribution in [-0.2, 0) is 16.0 Å². The molecule has 1 fully saturated rings.